The summed E-state index contributed by atoms with van der Waals surface area (Å²) in [6.45, 7) is 0. The van der Waals surface area contributed by atoms with Crippen molar-refractivity contribution in [3.05, 3.63) is 89.0 Å². The number of rotatable bonds is 6. The van der Waals surface area contributed by atoms with Crippen molar-refractivity contribution in [3.8, 4) is 23.3 Å². The van der Waals surface area contributed by atoms with Crippen molar-refractivity contribution in [3.63, 3.8) is 0 Å². The summed E-state index contributed by atoms with van der Waals surface area (Å²) in [5.74, 6) is -0.557. The lowest BCUT2D eigenvalue weighted by atomic mass is 9.95. The summed E-state index contributed by atoms with van der Waals surface area (Å²) in [6.07, 6.45) is 0. The van der Waals surface area contributed by atoms with E-state index >= 15 is 0 Å². The summed E-state index contributed by atoms with van der Waals surface area (Å²) >= 11 is 0. The number of hydrogen-bond acceptors (Lipinski definition) is 7. The standard InChI is InChI=1S/C27H22N2O6/c1-33-20-11-6-17(7-12-20)24-23(25(30)18-8-13-21(34-2)22(14-18)35-3)26(31)27(32)29(24)19-9-4-16(15-28)5-10-19/h4-14,24,30H,1-3H3/b25-23-. The normalized spacial score (nSPS) is 16.6. The number of anilines is 1. The van der Waals surface area contributed by atoms with Gasteiger partial charge in [0.05, 0.1) is 44.6 Å². The van der Waals surface area contributed by atoms with E-state index in [1.807, 2.05) is 6.07 Å². The zero-order chi connectivity index (χ0) is 25.1. The minimum atomic E-state index is -0.915. The second-order valence-corrected chi connectivity index (χ2v) is 7.67. The minimum absolute atomic E-state index is 0.0725. The third-order valence-corrected chi connectivity index (χ3v) is 5.81. The number of hydrogen-bond donors (Lipinski definition) is 1. The quantitative estimate of drug-likeness (QED) is 0.326. The largest absolute Gasteiger partial charge is 0.507 e. The van der Waals surface area contributed by atoms with Gasteiger partial charge in [0, 0.05) is 11.3 Å². The maximum atomic E-state index is 13.3. The smallest absolute Gasteiger partial charge is 0.300 e. The number of aliphatic hydroxyl groups excluding tert-OH is 1. The number of nitrogens with zero attached hydrogens (tertiary/aromatic N) is 2. The Labute approximate surface area is 202 Å². The first-order chi connectivity index (χ1) is 16.9. The van der Waals surface area contributed by atoms with Crippen LogP contribution in [0.4, 0.5) is 5.69 Å². The van der Waals surface area contributed by atoms with Gasteiger partial charge in [-0.3, -0.25) is 14.5 Å². The predicted octanol–water partition coefficient (Wildman–Crippen LogP) is 4.21. The van der Waals surface area contributed by atoms with Crippen LogP contribution in [-0.2, 0) is 9.59 Å². The summed E-state index contributed by atoms with van der Waals surface area (Å²) in [5, 5.41) is 20.4. The van der Waals surface area contributed by atoms with Crippen molar-refractivity contribution in [1.82, 2.24) is 0 Å². The Hall–Kier alpha value is -4.77. The Morgan fingerprint density at radius 3 is 2.11 bits per heavy atom. The van der Waals surface area contributed by atoms with E-state index in [1.165, 1.54) is 32.3 Å². The predicted molar refractivity (Wildman–Crippen MR) is 128 cm³/mol. The van der Waals surface area contributed by atoms with Crippen LogP contribution in [0.5, 0.6) is 17.2 Å². The van der Waals surface area contributed by atoms with E-state index in [9.17, 15) is 14.7 Å². The van der Waals surface area contributed by atoms with Crippen LogP contribution >= 0.6 is 0 Å². The number of carbonyl (C=O) groups is 2. The fraction of sp³-hybridized carbons (Fsp3) is 0.148. The summed E-state index contributed by atoms with van der Waals surface area (Å²) in [5.41, 5.74) is 1.64. The molecular weight excluding hydrogens is 448 g/mol. The summed E-state index contributed by atoms with van der Waals surface area (Å²) < 4.78 is 15.8. The van der Waals surface area contributed by atoms with Crippen LogP contribution in [0.25, 0.3) is 5.76 Å². The fourth-order valence-electron chi connectivity index (χ4n) is 4.04. The number of ether oxygens (including phenoxy) is 3. The second-order valence-electron chi connectivity index (χ2n) is 7.67. The molecule has 1 fully saturated rings. The van der Waals surface area contributed by atoms with Crippen LogP contribution in [0.2, 0.25) is 0 Å². The molecule has 8 heteroatoms. The lowest BCUT2D eigenvalue weighted by Crippen LogP contribution is -2.29. The molecule has 0 saturated carbocycles. The van der Waals surface area contributed by atoms with Crippen LogP contribution in [0, 0.1) is 11.3 Å². The monoisotopic (exact) mass is 470 g/mol. The highest BCUT2D eigenvalue weighted by Gasteiger charge is 2.47. The molecule has 35 heavy (non-hydrogen) atoms. The van der Waals surface area contributed by atoms with Gasteiger partial charge >= 0.3 is 0 Å². The van der Waals surface area contributed by atoms with Gasteiger partial charge in [0.1, 0.15) is 11.5 Å². The van der Waals surface area contributed by atoms with Crippen molar-refractivity contribution >= 4 is 23.1 Å². The number of Topliss-reactive ketones (excluding diaryl/α,β-unsaturated/α-hetero) is 1. The Morgan fingerprint density at radius 1 is 0.886 bits per heavy atom. The van der Waals surface area contributed by atoms with E-state index < -0.39 is 17.7 Å². The molecular formula is C27H22N2O6. The first-order valence-electron chi connectivity index (χ1n) is 10.6. The molecule has 1 atom stereocenters. The molecule has 0 aliphatic carbocycles. The number of methoxy groups -OCH3 is 3. The number of carbonyl (C=O) groups excluding carboxylic acids is 2. The Morgan fingerprint density at radius 2 is 1.54 bits per heavy atom. The van der Waals surface area contributed by atoms with E-state index in [1.54, 1.807) is 60.7 Å². The van der Waals surface area contributed by atoms with Gasteiger partial charge in [-0.1, -0.05) is 12.1 Å². The van der Waals surface area contributed by atoms with Gasteiger partial charge in [0.25, 0.3) is 11.7 Å². The van der Waals surface area contributed by atoms with Gasteiger partial charge in [-0.15, -0.1) is 0 Å². The lowest BCUT2D eigenvalue weighted by Gasteiger charge is -2.25. The fourth-order valence-corrected chi connectivity index (χ4v) is 4.04. The zero-order valence-corrected chi connectivity index (χ0v) is 19.3. The molecule has 1 aliphatic rings. The molecule has 3 aromatic rings. The summed E-state index contributed by atoms with van der Waals surface area (Å²) in [6, 6.07) is 19.0. The third-order valence-electron chi connectivity index (χ3n) is 5.81. The van der Waals surface area contributed by atoms with Crippen LogP contribution in [0.3, 0.4) is 0 Å². The van der Waals surface area contributed by atoms with Crippen LogP contribution < -0.4 is 19.1 Å². The van der Waals surface area contributed by atoms with E-state index in [0.717, 1.165) is 0 Å². The van der Waals surface area contributed by atoms with Gasteiger partial charge in [-0.2, -0.15) is 5.26 Å². The number of nitriles is 1. The second kappa shape index (κ2) is 9.61. The maximum absolute atomic E-state index is 13.3. The van der Waals surface area contributed by atoms with Gasteiger partial charge in [-0.05, 0) is 60.2 Å². The number of benzene rings is 3. The average Bonchev–Trinajstić information content (AvgIpc) is 3.17. The molecule has 3 aromatic carbocycles. The first kappa shape index (κ1) is 23.4. The molecule has 1 unspecified atom stereocenters. The molecule has 176 valence electrons. The highest BCUT2D eigenvalue weighted by atomic mass is 16.5. The molecule has 0 spiro atoms. The minimum Gasteiger partial charge on any atom is -0.507 e. The molecule has 1 heterocycles. The molecule has 1 aliphatic heterocycles. The summed E-state index contributed by atoms with van der Waals surface area (Å²) in [7, 11) is 4.49. The Kier molecular flexibility index (Phi) is 6.42. The molecule has 0 bridgehead atoms. The Balaban J connectivity index is 1.92. The van der Waals surface area contributed by atoms with Crippen molar-refractivity contribution in [2.75, 3.05) is 26.2 Å². The van der Waals surface area contributed by atoms with Crippen molar-refractivity contribution in [1.29, 1.82) is 5.26 Å². The number of ketones is 1. The van der Waals surface area contributed by atoms with E-state index in [0.29, 0.717) is 39.6 Å². The molecule has 1 saturated heterocycles. The molecule has 8 nitrogen and oxygen atoms in total. The molecule has 0 radical (unpaired) electrons. The number of amides is 1. The highest BCUT2D eigenvalue weighted by molar-refractivity contribution is 6.51. The van der Waals surface area contributed by atoms with E-state index in [-0.39, 0.29) is 11.3 Å². The SMILES string of the molecule is COc1ccc(C2/C(=C(/O)c3ccc(OC)c(OC)c3)C(=O)C(=O)N2c2ccc(C#N)cc2)cc1. The van der Waals surface area contributed by atoms with Gasteiger partial charge in [-0.25, -0.2) is 0 Å². The molecule has 4 rings (SSSR count). The van der Waals surface area contributed by atoms with Crippen LogP contribution in [0.15, 0.2) is 72.3 Å². The van der Waals surface area contributed by atoms with E-state index in [4.69, 9.17) is 19.5 Å². The van der Waals surface area contributed by atoms with Gasteiger partial charge < -0.3 is 19.3 Å². The van der Waals surface area contributed by atoms with Gasteiger partial charge in [0.2, 0.25) is 0 Å². The lowest BCUT2D eigenvalue weighted by molar-refractivity contribution is -0.132. The first-order valence-corrected chi connectivity index (χ1v) is 10.6. The third kappa shape index (κ3) is 4.15. The van der Waals surface area contributed by atoms with Crippen molar-refractivity contribution in [2.45, 2.75) is 6.04 Å². The number of aliphatic hydroxyl groups is 1. The van der Waals surface area contributed by atoms with Crippen molar-refractivity contribution in [2.24, 2.45) is 0 Å². The zero-order valence-electron chi connectivity index (χ0n) is 19.3. The van der Waals surface area contributed by atoms with Crippen molar-refractivity contribution < 1.29 is 28.9 Å². The van der Waals surface area contributed by atoms with Crippen LogP contribution in [-0.4, -0.2) is 38.1 Å². The molecule has 0 aromatic heterocycles. The Bertz CT molecular complexity index is 1350. The van der Waals surface area contributed by atoms with Crippen LogP contribution in [0.1, 0.15) is 22.7 Å². The molecule has 1 amide bonds. The molecule has 1 N–H and O–H groups in total. The highest BCUT2D eigenvalue weighted by Crippen LogP contribution is 2.43. The topological polar surface area (TPSA) is 109 Å². The van der Waals surface area contributed by atoms with Gasteiger partial charge in [0.15, 0.2) is 11.5 Å². The maximum Gasteiger partial charge on any atom is 0.300 e. The summed E-state index contributed by atoms with van der Waals surface area (Å²) in [4.78, 5) is 27.8. The van der Waals surface area contributed by atoms with E-state index in [2.05, 4.69) is 0 Å². The average molecular weight is 470 g/mol.